The van der Waals surface area contributed by atoms with Crippen LogP contribution in [-0.2, 0) is 11.2 Å². The average Bonchev–Trinajstić information content (AvgIpc) is 2.80. The van der Waals surface area contributed by atoms with Crippen LogP contribution < -0.4 is 0 Å². The number of nitrogens with zero attached hydrogens (tertiary/aromatic N) is 1. The number of rotatable bonds is 6. The van der Waals surface area contributed by atoms with Gasteiger partial charge in [-0.2, -0.15) is 0 Å². The molecule has 1 aromatic rings. The van der Waals surface area contributed by atoms with Gasteiger partial charge in [-0.1, -0.05) is 51.1 Å². The van der Waals surface area contributed by atoms with E-state index in [-0.39, 0.29) is 5.92 Å². The average molecular weight is 313 g/mol. The molecule has 2 heteroatoms. The van der Waals surface area contributed by atoms with Crippen molar-refractivity contribution in [2.75, 3.05) is 20.6 Å². The second-order valence-electron chi connectivity index (χ2n) is 7.68. The van der Waals surface area contributed by atoms with Crippen LogP contribution in [0.4, 0.5) is 0 Å². The summed E-state index contributed by atoms with van der Waals surface area (Å²) < 4.78 is 0. The molecule has 0 amide bonds. The van der Waals surface area contributed by atoms with Gasteiger partial charge < -0.3 is 4.90 Å². The molecule has 0 radical (unpaired) electrons. The van der Waals surface area contributed by atoms with Gasteiger partial charge in [-0.05, 0) is 61.9 Å². The Morgan fingerprint density at radius 2 is 1.83 bits per heavy atom. The molecule has 0 bridgehead atoms. The highest BCUT2D eigenvalue weighted by atomic mass is 16.1. The topological polar surface area (TPSA) is 20.3 Å². The Labute approximate surface area is 141 Å². The first kappa shape index (κ1) is 17.9. The van der Waals surface area contributed by atoms with Crippen molar-refractivity contribution in [1.29, 1.82) is 0 Å². The first-order valence-corrected chi connectivity index (χ1v) is 8.85. The summed E-state index contributed by atoms with van der Waals surface area (Å²) in [6.45, 7) is 7.55. The quantitative estimate of drug-likeness (QED) is 0.723. The lowest BCUT2D eigenvalue weighted by Gasteiger charge is -2.14. The van der Waals surface area contributed by atoms with Crippen molar-refractivity contribution in [3.05, 3.63) is 47.0 Å². The monoisotopic (exact) mass is 313 g/mol. The zero-order valence-electron chi connectivity index (χ0n) is 15.3. The van der Waals surface area contributed by atoms with Crippen molar-refractivity contribution >= 4 is 5.78 Å². The van der Waals surface area contributed by atoms with Crippen molar-refractivity contribution in [3.63, 3.8) is 0 Å². The van der Waals surface area contributed by atoms with E-state index in [9.17, 15) is 4.79 Å². The van der Waals surface area contributed by atoms with Crippen LogP contribution in [0.25, 0.3) is 0 Å². The lowest BCUT2D eigenvalue weighted by atomic mass is 9.94. The van der Waals surface area contributed by atoms with E-state index >= 15 is 0 Å². The molecule has 1 saturated carbocycles. The van der Waals surface area contributed by atoms with Crippen LogP contribution in [0.15, 0.2) is 35.9 Å². The number of ketones is 1. The minimum atomic E-state index is 0.192. The Balaban J connectivity index is 2.03. The highest BCUT2D eigenvalue weighted by Crippen LogP contribution is 2.30. The van der Waals surface area contributed by atoms with Gasteiger partial charge in [0.05, 0.1) is 0 Å². The van der Waals surface area contributed by atoms with Crippen LogP contribution in [0.5, 0.6) is 0 Å². The summed E-state index contributed by atoms with van der Waals surface area (Å²) in [5.74, 6) is 1.55. The van der Waals surface area contributed by atoms with Gasteiger partial charge in [0, 0.05) is 12.5 Å². The standard InChI is InChI=1S/C21H31NO/c1-15(2)12-17-6-8-18(9-7-17)16(3)13-19-10-11-20(21(19)23)14-22(4)5/h6-9,13,15-16,20H,10-12,14H2,1-5H3/b19-13-. The molecule has 0 saturated heterocycles. The van der Waals surface area contributed by atoms with Gasteiger partial charge in [-0.3, -0.25) is 4.79 Å². The summed E-state index contributed by atoms with van der Waals surface area (Å²) in [5, 5.41) is 0. The fraction of sp³-hybridized carbons (Fsp3) is 0.571. The number of carbonyl (C=O) groups is 1. The van der Waals surface area contributed by atoms with E-state index in [1.807, 2.05) is 14.1 Å². The summed E-state index contributed by atoms with van der Waals surface area (Å²) in [5.41, 5.74) is 3.73. The van der Waals surface area contributed by atoms with Crippen molar-refractivity contribution in [2.24, 2.45) is 11.8 Å². The molecule has 2 nitrogen and oxygen atoms in total. The predicted octanol–water partition coefficient (Wildman–Crippen LogP) is 4.46. The van der Waals surface area contributed by atoms with Gasteiger partial charge in [0.25, 0.3) is 0 Å². The highest BCUT2D eigenvalue weighted by molar-refractivity contribution is 5.99. The maximum atomic E-state index is 12.5. The largest absolute Gasteiger partial charge is 0.309 e. The number of benzene rings is 1. The Morgan fingerprint density at radius 1 is 1.17 bits per heavy atom. The molecule has 2 rings (SSSR count). The number of Topliss-reactive ketones (excluding diaryl/α,β-unsaturated/α-hetero) is 1. The van der Waals surface area contributed by atoms with E-state index in [0.29, 0.717) is 17.6 Å². The Hall–Kier alpha value is -1.41. The van der Waals surface area contributed by atoms with Gasteiger partial charge in [-0.25, -0.2) is 0 Å². The van der Waals surface area contributed by atoms with Crippen molar-refractivity contribution in [3.8, 4) is 0 Å². The van der Waals surface area contributed by atoms with Gasteiger partial charge in [0.1, 0.15) is 0 Å². The van der Waals surface area contributed by atoms with Crippen LogP contribution >= 0.6 is 0 Å². The Kier molecular flexibility index (Phi) is 6.17. The summed E-state index contributed by atoms with van der Waals surface area (Å²) in [6, 6.07) is 8.90. The number of allylic oxidation sites excluding steroid dienone is 2. The van der Waals surface area contributed by atoms with Crippen LogP contribution in [-0.4, -0.2) is 31.3 Å². The molecule has 126 valence electrons. The first-order chi connectivity index (χ1) is 10.9. The maximum absolute atomic E-state index is 12.5. The molecule has 2 unspecified atom stereocenters. The summed E-state index contributed by atoms with van der Waals surface area (Å²) in [7, 11) is 4.08. The maximum Gasteiger partial charge on any atom is 0.162 e. The molecule has 0 N–H and O–H groups in total. The summed E-state index contributed by atoms with van der Waals surface area (Å²) in [4.78, 5) is 14.6. The molecule has 1 fully saturated rings. The SMILES string of the molecule is CC(C)Cc1ccc(C(C)/C=C2/CCC(CN(C)C)C2=O)cc1. The zero-order chi connectivity index (χ0) is 17.0. The van der Waals surface area contributed by atoms with Gasteiger partial charge in [0.15, 0.2) is 5.78 Å². The molecule has 1 aliphatic carbocycles. The predicted molar refractivity (Wildman–Crippen MR) is 97.8 cm³/mol. The van der Waals surface area contributed by atoms with Gasteiger partial charge in [-0.15, -0.1) is 0 Å². The Morgan fingerprint density at radius 3 is 2.39 bits per heavy atom. The van der Waals surface area contributed by atoms with Crippen molar-refractivity contribution < 1.29 is 4.79 Å². The lowest BCUT2D eigenvalue weighted by molar-refractivity contribution is -0.118. The van der Waals surface area contributed by atoms with Crippen LogP contribution in [0.2, 0.25) is 0 Å². The second kappa shape index (κ2) is 7.92. The lowest BCUT2D eigenvalue weighted by Crippen LogP contribution is -2.24. The summed E-state index contributed by atoms with van der Waals surface area (Å²) >= 11 is 0. The van der Waals surface area contributed by atoms with E-state index in [1.165, 1.54) is 11.1 Å². The molecule has 1 aliphatic rings. The smallest absolute Gasteiger partial charge is 0.162 e. The third-order valence-electron chi connectivity index (χ3n) is 4.64. The fourth-order valence-corrected chi connectivity index (χ4v) is 3.45. The normalized spacial score (nSPS) is 21.6. The molecule has 0 aliphatic heterocycles. The van der Waals surface area contributed by atoms with E-state index in [0.717, 1.165) is 31.4 Å². The molecular formula is C21H31NO. The minimum Gasteiger partial charge on any atom is -0.309 e. The third-order valence-corrected chi connectivity index (χ3v) is 4.64. The van der Waals surface area contributed by atoms with Gasteiger partial charge in [0.2, 0.25) is 0 Å². The molecule has 2 atom stereocenters. The molecule has 0 aromatic heterocycles. The minimum absolute atomic E-state index is 0.192. The van der Waals surface area contributed by atoms with E-state index in [2.05, 4.69) is 56.0 Å². The summed E-state index contributed by atoms with van der Waals surface area (Å²) in [6.07, 6.45) is 5.26. The Bertz CT molecular complexity index is 554. The molecule has 0 spiro atoms. The number of carbonyl (C=O) groups excluding carboxylic acids is 1. The highest BCUT2D eigenvalue weighted by Gasteiger charge is 2.29. The molecule has 0 heterocycles. The number of hydrogen-bond acceptors (Lipinski definition) is 2. The van der Waals surface area contributed by atoms with E-state index in [1.54, 1.807) is 0 Å². The van der Waals surface area contributed by atoms with Crippen LogP contribution in [0, 0.1) is 11.8 Å². The molecule has 1 aromatic carbocycles. The fourth-order valence-electron chi connectivity index (χ4n) is 3.45. The zero-order valence-corrected chi connectivity index (χ0v) is 15.3. The second-order valence-corrected chi connectivity index (χ2v) is 7.68. The van der Waals surface area contributed by atoms with Crippen LogP contribution in [0.1, 0.15) is 50.7 Å². The molecule has 23 heavy (non-hydrogen) atoms. The van der Waals surface area contributed by atoms with E-state index in [4.69, 9.17) is 0 Å². The molecular weight excluding hydrogens is 282 g/mol. The number of hydrogen-bond donors (Lipinski definition) is 0. The first-order valence-electron chi connectivity index (χ1n) is 8.85. The van der Waals surface area contributed by atoms with E-state index < -0.39 is 0 Å². The van der Waals surface area contributed by atoms with Gasteiger partial charge >= 0.3 is 0 Å². The van der Waals surface area contributed by atoms with Crippen molar-refractivity contribution in [1.82, 2.24) is 4.90 Å². The third kappa shape index (κ3) is 5.04. The van der Waals surface area contributed by atoms with Crippen molar-refractivity contribution in [2.45, 2.75) is 46.0 Å². The van der Waals surface area contributed by atoms with Crippen LogP contribution in [0.3, 0.4) is 0 Å².